The van der Waals surface area contributed by atoms with Gasteiger partial charge in [0.25, 0.3) is 0 Å². The average molecular weight is 288 g/mol. The molecule has 1 saturated carbocycles. The van der Waals surface area contributed by atoms with Crippen LogP contribution in [0.1, 0.15) is 30.7 Å². The second-order valence-corrected chi connectivity index (χ2v) is 6.54. The van der Waals surface area contributed by atoms with Crippen LogP contribution in [0.5, 0.6) is 0 Å². The van der Waals surface area contributed by atoms with Gasteiger partial charge in [-0.15, -0.1) is 11.3 Å². The molecule has 1 aliphatic carbocycles. The Bertz CT molecular complexity index is 556. The maximum absolute atomic E-state index is 9.52. The first kappa shape index (κ1) is 13.6. The third kappa shape index (κ3) is 3.19. The number of nitrogens with one attached hydrogen (secondary N) is 1. The van der Waals surface area contributed by atoms with Crippen molar-refractivity contribution in [1.82, 2.24) is 4.98 Å². The van der Waals surface area contributed by atoms with Gasteiger partial charge in [-0.2, -0.15) is 0 Å². The molecule has 1 aromatic heterocycles. The molecule has 0 atom stereocenters. The number of benzene rings is 1. The van der Waals surface area contributed by atoms with Crippen molar-refractivity contribution in [3.05, 3.63) is 34.7 Å². The number of anilines is 1. The van der Waals surface area contributed by atoms with Crippen molar-refractivity contribution in [3.8, 4) is 11.3 Å². The van der Waals surface area contributed by atoms with Crippen LogP contribution in [0.15, 0.2) is 29.6 Å². The predicted molar refractivity (Wildman–Crippen MR) is 84.2 cm³/mol. The number of hydrogen-bond acceptors (Lipinski definition) is 4. The van der Waals surface area contributed by atoms with Crippen LogP contribution in [0.2, 0.25) is 0 Å². The van der Waals surface area contributed by atoms with E-state index in [4.69, 9.17) is 0 Å². The van der Waals surface area contributed by atoms with E-state index in [-0.39, 0.29) is 6.10 Å². The van der Waals surface area contributed by atoms with E-state index < -0.39 is 0 Å². The Morgan fingerprint density at radius 2 is 1.85 bits per heavy atom. The number of aryl methyl sites for hydroxylation is 1. The number of hydrogen-bond donors (Lipinski definition) is 2. The first-order valence-electron chi connectivity index (χ1n) is 7.18. The molecule has 1 aliphatic rings. The smallest absolute Gasteiger partial charge is 0.0901 e. The summed E-state index contributed by atoms with van der Waals surface area (Å²) in [5.74, 6) is 0. The van der Waals surface area contributed by atoms with Crippen molar-refractivity contribution < 1.29 is 5.11 Å². The number of aliphatic hydroxyl groups excluding tert-OH is 1. The molecule has 0 unspecified atom stereocenters. The molecule has 3 nitrogen and oxygen atoms in total. The molecule has 2 aromatic rings. The lowest BCUT2D eigenvalue weighted by Gasteiger charge is -2.27. The van der Waals surface area contributed by atoms with E-state index in [9.17, 15) is 5.11 Å². The Morgan fingerprint density at radius 1 is 1.15 bits per heavy atom. The number of rotatable bonds is 3. The molecule has 20 heavy (non-hydrogen) atoms. The fourth-order valence-electron chi connectivity index (χ4n) is 2.69. The van der Waals surface area contributed by atoms with Gasteiger partial charge in [-0.1, -0.05) is 12.1 Å². The summed E-state index contributed by atoms with van der Waals surface area (Å²) in [4.78, 5) is 4.50. The molecule has 0 bridgehead atoms. The summed E-state index contributed by atoms with van der Waals surface area (Å²) in [6.07, 6.45) is 3.83. The van der Waals surface area contributed by atoms with Crippen LogP contribution in [0.25, 0.3) is 11.3 Å². The van der Waals surface area contributed by atoms with Crippen molar-refractivity contribution in [1.29, 1.82) is 0 Å². The largest absolute Gasteiger partial charge is 0.393 e. The lowest BCUT2D eigenvalue weighted by Crippen LogP contribution is -2.28. The Hall–Kier alpha value is -1.39. The Kier molecular flexibility index (Phi) is 4.03. The van der Waals surface area contributed by atoms with Crippen LogP contribution in [0.4, 0.5) is 5.69 Å². The van der Waals surface area contributed by atoms with Crippen LogP contribution in [0.3, 0.4) is 0 Å². The quantitative estimate of drug-likeness (QED) is 0.902. The van der Waals surface area contributed by atoms with Crippen LogP contribution in [-0.4, -0.2) is 22.2 Å². The standard InChI is InChI=1S/C16H20N2OS/c1-11-17-16(10-20-11)12-2-4-13(5-3-12)18-14-6-8-15(19)9-7-14/h2-5,10,14-15,18-19H,6-9H2,1H3. The van der Waals surface area contributed by atoms with Crippen molar-refractivity contribution in [2.45, 2.75) is 44.8 Å². The molecule has 1 heterocycles. The molecule has 0 radical (unpaired) electrons. The first-order chi connectivity index (χ1) is 9.70. The number of aromatic nitrogens is 1. The zero-order valence-corrected chi connectivity index (χ0v) is 12.5. The van der Waals surface area contributed by atoms with E-state index in [0.29, 0.717) is 6.04 Å². The molecule has 4 heteroatoms. The summed E-state index contributed by atoms with van der Waals surface area (Å²) in [5, 5.41) is 16.3. The zero-order chi connectivity index (χ0) is 13.9. The maximum Gasteiger partial charge on any atom is 0.0901 e. The van der Waals surface area contributed by atoms with E-state index in [2.05, 4.69) is 39.9 Å². The van der Waals surface area contributed by atoms with Gasteiger partial charge >= 0.3 is 0 Å². The van der Waals surface area contributed by atoms with Crippen molar-refractivity contribution in [3.63, 3.8) is 0 Å². The molecule has 106 valence electrons. The molecule has 1 fully saturated rings. The topological polar surface area (TPSA) is 45.2 Å². The summed E-state index contributed by atoms with van der Waals surface area (Å²) in [6.45, 7) is 2.03. The van der Waals surface area contributed by atoms with Gasteiger partial charge in [0.1, 0.15) is 0 Å². The van der Waals surface area contributed by atoms with Gasteiger partial charge < -0.3 is 10.4 Å². The van der Waals surface area contributed by atoms with E-state index in [1.165, 1.54) is 5.56 Å². The summed E-state index contributed by atoms with van der Waals surface area (Å²) in [5.41, 5.74) is 3.38. The van der Waals surface area contributed by atoms with E-state index in [1.54, 1.807) is 11.3 Å². The van der Waals surface area contributed by atoms with Crippen LogP contribution in [-0.2, 0) is 0 Å². The number of aliphatic hydroxyl groups is 1. The monoisotopic (exact) mass is 288 g/mol. The highest BCUT2D eigenvalue weighted by Crippen LogP contribution is 2.25. The third-order valence-electron chi connectivity index (χ3n) is 3.87. The Balaban J connectivity index is 1.64. The minimum Gasteiger partial charge on any atom is -0.393 e. The highest BCUT2D eigenvalue weighted by molar-refractivity contribution is 7.09. The number of thiazole rings is 1. The van der Waals surface area contributed by atoms with Gasteiger partial charge in [0, 0.05) is 22.7 Å². The first-order valence-corrected chi connectivity index (χ1v) is 8.06. The van der Waals surface area contributed by atoms with Crippen LogP contribution in [0, 0.1) is 6.92 Å². The highest BCUT2D eigenvalue weighted by atomic mass is 32.1. The second kappa shape index (κ2) is 5.94. The summed E-state index contributed by atoms with van der Waals surface area (Å²) in [7, 11) is 0. The highest BCUT2D eigenvalue weighted by Gasteiger charge is 2.18. The van der Waals surface area contributed by atoms with Gasteiger partial charge in [-0.3, -0.25) is 0 Å². The third-order valence-corrected chi connectivity index (χ3v) is 4.64. The van der Waals surface area contributed by atoms with Crippen LogP contribution < -0.4 is 5.32 Å². The van der Waals surface area contributed by atoms with E-state index >= 15 is 0 Å². The normalized spacial score (nSPS) is 22.7. The minimum atomic E-state index is -0.0941. The fraction of sp³-hybridized carbons (Fsp3) is 0.438. The lowest BCUT2D eigenvalue weighted by molar-refractivity contribution is 0.126. The SMILES string of the molecule is Cc1nc(-c2ccc(NC3CCC(O)CC3)cc2)cs1. The summed E-state index contributed by atoms with van der Waals surface area (Å²) in [6, 6.07) is 8.97. The van der Waals surface area contributed by atoms with Gasteiger partial charge in [0.15, 0.2) is 0 Å². The van der Waals surface area contributed by atoms with Crippen LogP contribution >= 0.6 is 11.3 Å². The molecule has 0 saturated heterocycles. The molecular weight excluding hydrogens is 268 g/mol. The second-order valence-electron chi connectivity index (χ2n) is 5.48. The molecule has 0 aliphatic heterocycles. The molecule has 3 rings (SSSR count). The van der Waals surface area contributed by atoms with Gasteiger partial charge in [0.05, 0.1) is 16.8 Å². The molecule has 0 spiro atoms. The van der Waals surface area contributed by atoms with Gasteiger partial charge in [0.2, 0.25) is 0 Å². The van der Waals surface area contributed by atoms with Gasteiger partial charge in [-0.25, -0.2) is 4.98 Å². The fourth-order valence-corrected chi connectivity index (χ4v) is 3.31. The number of nitrogens with zero attached hydrogens (tertiary/aromatic N) is 1. The Morgan fingerprint density at radius 3 is 2.45 bits per heavy atom. The summed E-state index contributed by atoms with van der Waals surface area (Å²) >= 11 is 1.68. The molecule has 1 aromatic carbocycles. The molecular formula is C16H20N2OS. The van der Waals surface area contributed by atoms with E-state index in [0.717, 1.165) is 42.1 Å². The van der Waals surface area contributed by atoms with Crippen molar-refractivity contribution in [2.24, 2.45) is 0 Å². The molecule has 2 N–H and O–H groups in total. The summed E-state index contributed by atoms with van der Waals surface area (Å²) < 4.78 is 0. The zero-order valence-electron chi connectivity index (χ0n) is 11.7. The maximum atomic E-state index is 9.52. The van der Waals surface area contributed by atoms with Crippen molar-refractivity contribution in [2.75, 3.05) is 5.32 Å². The minimum absolute atomic E-state index is 0.0941. The van der Waals surface area contributed by atoms with Gasteiger partial charge in [-0.05, 0) is 44.7 Å². The van der Waals surface area contributed by atoms with Crippen molar-refractivity contribution >= 4 is 17.0 Å². The average Bonchev–Trinajstić information content (AvgIpc) is 2.89. The Labute approximate surface area is 123 Å². The van der Waals surface area contributed by atoms with E-state index in [1.807, 2.05) is 6.92 Å². The molecule has 0 amide bonds. The predicted octanol–water partition coefficient (Wildman–Crippen LogP) is 3.83. The lowest BCUT2D eigenvalue weighted by atomic mass is 9.93.